The van der Waals surface area contributed by atoms with Crippen molar-refractivity contribution in [3.63, 3.8) is 0 Å². The van der Waals surface area contributed by atoms with Crippen LogP contribution in [-0.2, 0) is 0 Å². The lowest BCUT2D eigenvalue weighted by Gasteiger charge is -2.02. The highest BCUT2D eigenvalue weighted by Gasteiger charge is 2.13. The summed E-state index contributed by atoms with van der Waals surface area (Å²) in [5.74, 6) is 3.38. The standard InChI is InChI=1S/C9H13/c1-2-3-6-9-7-4-5-8-9/h9H,3-8H2. The average Bonchev–Trinajstić information content (AvgIpc) is 2.34. The molecule has 1 rings (SSSR count). The maximum absolute atomic E-state index is 6.72. The van der Waals surface area contributed by atoms with Crippen LogP contribution in [0.3, 0.4) is 0 Å². The van der Waals surface area contributed by atoms with Gasteiger partial charge in [-0.25, -0.2) is 0 Å². The predicted molar refractivity (Wildman–Crippen MR) is 38.3 cm³/mol. The molecule has 0 N–H and O–H groups in total. The highest BCUT2D eigenvalue weighted by molar-refractivity contribution is 4.78. The molecule has 1 radical (unpaired) electrons. The summed E-state index contributed by atoms with van der Waals surface area (Å²) in [6.45, 7) is 0. The molecule has 1 saturated carbocycles. The van der Waals surface area contributed by atoms with Crippen LogP contribution in [0.15, 0.2) is 0 Å². The summed E-state index contributed by atoms with van der Waals surface area (Å²) in [4.78, 5) is 0. The lowest BCUT2D eigenvalue weighted by molar-refractivity contribution is 0.512. The van der Waals surface area contributed by atoms with Gasteiger partial charge in [0.1, 0.15) is 0 Å². The predicted octanol–water partition coefficient (Wildman–Crippen LogP) is 2.55. The Morgan fingerprint density at radius 3 is 2.56 bits per heavy atom. The van der Waals surface area contributed by atoms with Crippen molar-refractivity contribution in [1.29, 1.82) is 0 Å². The number of rotatable bonds is 2. The maximum atomic E-state index is 6.72. The zero-order chi connectivity index (χ0) is 6.53. The molecule has 0 aromatic rings. The van der Waals surface area contributed by atoms with Crippen molar-refractivity contribution in [2.75, 3.05) is 0 Å². The van der Waals surface area contributed by atoms with E-state index in [1.165, 1.54) is 32.1 Å². The lowest BCUT2D eigenvalue weighted by Crippen LogP contribution is -1.90. The molecule has 9 heavy (non-hydrogen) atoms. The first-order valence-electron chi connectivity index (χ1n) is 3.83. The van der Waals surface area contributed by atoms with Gasteiger partial charge in [0, 0.05) is 6.42 Å². The van der Waals surface area contributed by atoms with E-state index in [0.717, 1.165) is 12.3 Å². The third-order valence-electron chi connectivity index (χ3n) is 2.15. The molecule has 0 bridgehead atoms. The van der Waals surface area contributed by atoms with E-state index in [9.17, 15) is 0 Å². The van der Waals surface area contributed by atoms with Crippen LogP contribution in [-0.4, -0.2) is 0 Å². The Labute approximate surface area is 57.7 Å². The Kier molecular flexibility index (Phi) is 2.64. The average molecular weight is 121 g/mol. The van der Waals surface area contributed by atoms with Gasteiger partial charge in [0.05, 0.1) is 0 Å². The zero-order valence-electron chi connectivity index (χ0n) is 5.82. The highest BCUT2D eigenvalue weighted by Crippen LogP contribution is 2.27. The van der Waals surface area contributed by atoms with Gasteiger partial charge in [-0.15, -0.1) is 0 Å². The van der Waals surface area contributed by atoms with E-state index in [2.05, 4.69) is 5.92 Å². The number of hydrogen-bond donors (Lipinski definition) is 0. The van der Waals surface area contributed by atoms with Crippen LogP contribution >= 0.6 is 0 Å². The van der Waals surface area contributed by atoms with Crippen molar-refractivity contribution in [2.24, 2.45) is 5.92 Å². The van der Waals surface area contributed by atoms with Gasteiger partial charge in [-0.3, -0.25) is 0 Å². The second-order valence-electron chi connectivity index (χ2n) is 2.87. The second kappa shape index (κ2) is 3.56. The van der Waals surface area contributed by atoms with Crippen LogP contribution < -0.4 is 0 Å². The van der Waals surface area contributed by atoms with E-state index in [0.29, 0.717) is 0 Å². The first kappa shape index (κ1) is 6.68. The van der Waals surface area contributed by atoms with Crippen LogP contribution in [0.5, 0.6) is 0 Å². The van der Waals surface area contributed by atoms with Crippen molar-refractivity contribution in [1.82, 2.24) is 0 Å². The molecule has 0 saturated heterocycles. The largest absolute Gasteiger partial charge is 0.0891 e. The van der Waals surface area contributed by atoms with Gasteiger partial charge in [0.25, 0.3) is 0 Å². The van der Waals surface area contributed by atoms with Crippen molar-refractivity contribution in [3.8, 4) is 5.92 Å². The lowest BCUT2D eigenvalue weighted by atomic mass is 10.0. The van der Waals surface area contributed by atoms with Crippen molar-refractivity contribution >= 4 is 0 Å². The van der Waals surface area contributed by atoms with Gasteiger partial charge in [-0.05, 0) is 18.8 Å². The monoisotopic (exact) mass is 121 g/mol. The molecule has 0 nitrogen and oxygen atoms in total. The third-order valence-corrected chi connectivity index (χ3v) is 2.15. The van der Waals surface area contributed by atoms with Gasteiger partial charge < -0.3 is 0 Å². The third kappa shape index (κ3) is 2.10. The summed E-state index contributed by atoms with van der Waals surface area (Å²) in [7, 11) is 0. The molecular formula is C9H13. The Balaban J connectivity index is 2.06. The number of hydrogen-bond acceptors (Lipinski definition) is 0. The highest BCUT2D eigenvalue weighted by atomic mass is 14.2. The molecule has 0 aliphatic heterocycles. The molecule has 1 aliphatic carbocycles. The molecule has 1 fully saturated rings. The SMILES string of the molecule is [C]#CCCC1CCCC1. The molecule has 0 atom stereocenters. The Hall–Kier alpha value is -0.440. The van der Waals surface area contributed by atoms with E-state index in [1.54, 1.807) is 0 Å². The fraction of sp³-hybridized carbons (Fsp3) is 0.778. The minimum atomic E-state index is 0.880. The van der Waals surface area contributed by atoms with Crippen LogP contribution in [0.4, 0.5) is 0 Å². The van der Waals surface area contributed by atoms with Crippen molar-refractivity contribution in [3.05, 3.63) is 6.42 Å². The van der Waals surface area contributed by atoms with Gasteiger partial charge in [-0.1, -0.05) is 31.6 Å². The minimum absolute atomic E-state index is 0.880. The smallest absolute Gasteiger partial charge is 0.0102 e. The molecule has 0 heteroatoms. The Bertz CT molecular complexity index is 102. The summed E-state index contributed by atoms with van der Waals surface area (Å²) >= 11 is 0. The van der Waals surface area contributed by atoms with Gasteiger partial charge >= 0.3 is 0 Å². The van der Waals surface area contributed by atoms with E-state index >= 15 is 0 Å². The van der Waals surface area contributed by atoms with Gasteiger partial charge in [0.15, 0.2) is 0 Å². The molecule has 0 spiro atoms. The van der Waals surface area contributed by atoms with E-state index in [-0.39, 0.29) is 0 Å². The van der Waals surface area contributed by atoms with Crippen molar-refractivity contribution in [2.45, 2.75) is 38.5 Å². The summed E-state index contributed by atoms with van der Waals surface area (Å²) in [5, 5.41) is 0. The molecule has 0 unspecified atom stereocenters. The normalized spacial score (nSPS) is 19.9. The summed E-state index contributed by atoms with van der Waals surface area (Å²) in [5.41, 5.74) is 0. The van der Waals surface area contributed by atoms with Crippen LogP contribution in [0.2, 0.25) is 0 Å². The van der Waals surface area contributed by atoms with E-state index in [4.69, 9.17) is 6.42 Å². The van der Waals surface area contributed by atoms with E-state index in [1.807, 2.05) is 0 Å². The minimum Gasteiger partial charge on any atom is -0.0891 e. The van der Waals surface area contributed by atoms with Gasteiger partial charge in [0.2, 0.25) is 0 Å². The fourth-order valence-electron chi connectivity index (χ4n) is 1.58. The quantitative estimate of drug-likeness (QED) is 0.492. The van der Waals surface area contributed by atoms with Crippen LogP contribution in [0, 0.1) is 18.3 Å². The van der Waals surface area contributed by atoms with Crippen LogP contribution in [0.25, 0.3) is 0 Å². The summed E-state index contributed by atoms with van der Waals surface area (Å²) < 4.78 is 0. The fourth-order valence-corrected chi connectivity index (χ4v) is 1.58. The van der Waals surface area contributed by atoms with Crippen LogP contribution in [0.1, 0.15) is 38.5 Å². The summed E-state index contributed by atoms with van der Waals surface area (Å²) in [6, 6.07) is 0. The molecule has 0 aromatic carbocycles. The Morgan fingerprint density at radius 1 is 1.33 bits per heavy atom. The van der Waals surface area contributed by atoms with Crippen molar-refractivity contribution < 1.29 is 0 Å². The molecule has 0 heterocycles. The maximum Gasteiger partial charge on any atom is 0.0102 e. The second-order valence-corrected chi connectivity index (χ2v) is 2.87. The molecule has 0 amide bonds. The molecule has 49 valence electrons. The molecule has 0 aromatic heterocycles. The topological polar surface area (TPSA) is 0 Å². The Morgan fingerprint density at radius 2 is 2.00 bits per heavy atom. The molecule has 1 aliphatic rings. The van der Waals surface area contributed by atoms with E-state index < -0.39 is 0 Å². The summed E-state index contributed by atoms with van der Waals surface area (Å²) in [6.07, 6.45) is 14.5. The zero-order valence-corrected chi connectivity index (χ0v) is 5.82. The van der Waals surface area contributed by atoms with Gasteiger partial charge in [-0.2, -0.15) is 0 Å². The molecular weight excluding hydrogens is 108 g/mol. The first-order chi connectivity index (χ1) is 4.43. The first-order valence-corrected chi connectivity index (χ1v) is 3.83.